The number of pyridine rings is 1. The summed E-state index contributed by atoms with van der Waals surface area (Å²) in [7, 11) is 0. The van der Waals surface area contributed by atoms with Gasteiger partial charge in [-0.2, -0.15) is 0 Å². The molecule has 1 aromatic heterocycles. The van der Waals surface area contributed by atoms with Crippen LogP contribution in [-0.4, -0.2) is 16.3 Å². The van der Waals surface area contributed by atoms with Crippen LogP contribution in [0.25, 0.3) is 0 Å². The summed E-state index contributed by atoms with van der Waals surface area (Å²) >= 11 is 0. The molecule has 2 atom stereocenters. The molecule has 2 unspecified atom stereocenters. The van der Waals surface area contributed by atoms with Gasteiger partial charge < -0.3 is 10.1 Å². The number of fused-ring (bicyclic) bond motifs is 4. The molecular weight excluding hydrogens is 324 g/mol. The molecule has 2 N–H and O–H groups in total. The summed E-state index contributed by atoms with van der Waals surface area (Å²) in [4.78, 5) is 19.9. The number of rotatable bonds is 2. The lowest BCUT2D eigenvalue weighted by molar-refractivity contribution is 0.413. The highest BCUT2D eigenvalue weighted by Crippen LogP contribution is 2.51. The van der Waals surface area contributed by atoms with E-state index in [9.17, 15) is 9.90 Å². The summed E-state index contributed by atoms with van der Waals surface area (Å²) in [5.41, 5.74) is 4.93. The quantitative estimate of drug-likeness (QED) is 0.640. The average Bonchev–Trinajstić information content (AvgIpc) is 2.59. The van der Waals surface area contributed by atoms with Crippen molar-refractivity contribution in [2.75, 3.05) is 0 Å². The fourth-order valence-electron chi connectivity index (χ4n) is 4.44. The second-order valence-electron chi connectivity index (χ2n) is 7.17. The maximum atomic E-state index is 11.8. The second kappa shape index (κ2) is 6.13. The molecule has 0 aliphatic heterocycles. The average molecular weight is 346 g/mol. The predicted octanol–water partition coefficient (Wildman–Crippen LogP) is 3.86. The van der Waals surface area contributed by atoms with Crippen molar-refractivity contribution in [1.29, 1.82) is 0 Å². The van der Waals surface area contributed by atoms with Crippen LogP contribution in [0.15, 0.2) is 69.5 Å². The van der Waals surface area contributed by atoms with Crippen molar-refractivity contribution in [3.8, 4) is 5.75 Å². The summed E-state index contributed by atoms with van der Waals surface area (Å²) in [5, 5.41) is 9.73. The Balaban J connectivity index is 1.92. The van der Waals surface area contributed by atoms with Crippen molar-refractivity contribution in [3.63, 3.8) is 0 Å². The maximum absolute atomic E-state index is 11.8. The lowest BCUT2D eigenvalue weighted by Crippen LogP contribution is -2.40. The van der Waals surface area contributed by atoms with Crippen molar-refractivity contribution in [2.24, 2.45) is 10.9 Å². The van der Waals surface area contributed by atoms with Gasteiger partial charge in [-0.3, -0.25) is 9.79 Å². The molecule has 2 aromatic rings. The molecule has 1 aromatic carbocycles. The highest BCUT2D eigenvalue weighted by molar-refractivity contribution is 5.81. The van der Waals surface area contributed by atoms with Gasteiger partial charge in [0.25, 0.3) is 0 Å². The van der Waals surface area contributed by atoms with E-state index in [0.717, 1.165) is 29.7 Å². The number of hydrogen-bond acceptors (Lipinski definition) is 3. The Kier molecular flexibility index (Phi) is 3.91. The summed E-state index contributed by atoms with van der Waals surface area (Å²) in [6.07, 6.45) is 7.88. The van der Waals surface area contributed by atoms with Crippen LogP contribution in [0.4, 0.5) is 0 Å². The summed E-state index contributed by atoms with van der Waals surface area (Å²) in [6.45, 7) is 4.21. The molecule has 0 spiro atoms. The number of aromatic amines is 1. The van der Waals surface area contributed by atoms with Gasteiger partial charge in [0.05, 0.1) is 0 Å². The number of aromatic nitrogens is 1. The Labute approximate surface area is 152 Å². The summed E-state index contributed by atoms with van der Waals surface area (Å²) < 4.78 is 0. The van der Waals surface area contributed by atoms with Crippen molar-refractivity contribution >= 4 is 6.21 Å². The highest BCUT2D eigenvalue weighted by Gasteiger charge is 2.46. The Morgan fingerprint density at radius 2 is 2.15 bits per heavy atom. The van der Waals surface area contributed by atoms with Gasteiger partial charge in [0, 0.05) is 35.9 Å². The van der Waals surface area contributed by atoms with Crippen LogP contribution in [0, 0.1) is 5.92 Å². The van der Waals surface area contributed by atoms with Crippen LogP contribution in [0.2, 0.25) is 0 Å². The predicted molar refractivity (Wildman–Crippen MR) is 104 cm³/mol. The lowest BCUT2D eigenvalue weighted by atomic mass is 9.63. The molecule has 2 aliphatic carbocycles. The molecule has 1 heterocycles. The summed E-state index contributed by atoms with van der Waals surface area (Å²) in [6, 6.07) is 10.6. The molecule has 132 valence electrons. The molecule has 2 aliphatic rings. The minimum atomic E-state index is -0.499. The van der Waals surface area contributed by atoms with Crippen LogP contribution in [-0.2, 0) is 12.0 Å². The van der Waals surface area contributed by atoms with E-state index >= 15 is 0 Å². The molecule has 4 rings (SSSR count). The third-order valence-corrected chi connectivity index (χ3v) is 5.38. The van der Waals surface area contributed by atoms with E-state index in [1.165, 1.54) is 11.1 Å². The minimum absolute atomic E-state index is 0.0708. The molecule has 0 saturated heterocycles. The monoisotopic (exact) mass is 346 g/mol. The Morgan fingerprint density at radius 3 is 2.92 bits per heavy atom. The standard InChI is InChI=1S/C22H22N2O2/c1-3-18-16-9-14(2)12-22(18,19-7-8-21(26)24-20(19)11-16)23-13-15-5-4-6-17(25)10-15/h3-10,13,16,25H,11-12H2,1-2H3,(H,24,26)/b18-3+,23-13?. The first-order valence-corrected chi connectivity index (χ1v) is 8.93. The molecule has 4 heteroatoms. The number of H-pyrrole nitrogens is 1. The molecule has 4 nitrogen and oxygen atoms in total. The van der Waals surface area contributed by atoms with E-state index < -0.39 is 5.54 Å². The van der Waals surface area contributed by atoms with Crippen LogP contribution < -0.4 is 5.56 Å². The number of allylic oxidation sites excluding steroid dienone is 2. The van der Waals surface area contributed by atoms with Crippen LogP contribution >= 0.6 is 0 Å². The number of phenolic OH excluding ortho intramolecular Hbond substituents is 1. The first-order chi connectivity index (χ1) is 12.5. The van der Waals surface area contributed by atoms with Gasteiger partial charge in [-0.1, -0.05) is 29.9 Å². The van der Waals surface area contributed by atoms with Gasteiger partial charge in [0.2, 0.25) is 5.56 Å². The van der Waals surface area contributed by atoms with E-state index in [4.69, 9.17) is 4.99 Å². The summed E-state index contributed by atoms with van der Waals surface area (Å²) in [5.74, 6) is 0.476. The largest absolute Gasteiger partial charge is 0.508 e. The normalized spacial score (nSPS) is 26.0. The van der Waals surface area contributed by atoms with Crippen LogP contribution in [0.3, 0.4) is 0 Å². The van der Waals surface area contributed by atoms with Crippen molar-refractivity contribution in [1.82, 2.24) is 4.98 Å². The molecule has 0 fully saturated rings. The van der Waals surface area contributed by atoms with Gasteiger partial charge >= 0.3 is 0 Å². The number of nitrogens with one attached hydrogen (secondary N) is 1. The van der Waals surface area contributed by atoms with Crippen molar-refractivity contribution in [2.45, 2.75) is 32.2 Å². The van der Waals surface area contributed by atoms with E-state index in [-0.39, 0.29) is 17.2 Å². The first-order valence-electron chi connectivity index (χ1n) is 8.93. The SMILES string of the molecule is C/C=C1\C2C=C(C)CC1(N=Cc1cccc(O)c1)c1ccc(=O)[nH]c1C2. The smallest absolute Gasteiger partial charge is 0.248 e. The molecule has 0 radical (unpaired) electrons. The third kappa shape index (κ3) is 2.62. The second-order valence-corrected chi connectivity index (χ2v) is 7.17. The number of benzene rings is 1. The maximum Gasteiger partial charge on any atom is 0.248 e. The molecule has 2 bridgehead atoms. The zero-order chi connectivity index (χ0) is 18.3. The number of aromatic hydroxyl groups is 1. The zero-order valence-electron chi connectivity index (χ0n) is 15.0. The fraction of sp³-hybridized carbons (Fsp3) is 0.273. The minimum Gasteiger partial charge on any atom is -0.508 e. The molecule has 0 saturated carbocycles. The highest BCUT2D eigenvalue weighted by atomic mass is 16.3. The number of hydrogen-bond donors (Lipinski definition) is 2. The molecule has 0 amide bonds. The molecular formula is C22H22N2O2. The van der Waals surface area contributed by atoms with E-state index in [2.05, 4.69) is 31.0 Å². The van der Waals surface area contributed by atoms with Gasteiger partial charge in [-0.15, -0.1) is 0 Å². The topological polar surface area (TPSA) is 65.5 Å². The zero-order valence-corrected chi connectivity index (χ0v) is 15.0. The Morgan fingerprint density at radius 1 is 1.31 bits per heavy atom. The first kappa shape index (κ1) is 16.6. The number of phenols is 1. The van der Waals surface area contributed by atoms with Gasteiger partial charge in [-0.05, 0) is 49.6 Å². The van der Waals surface area contributed by atoms with Crippen LogP contribution in [0.1, 0.15) is 37.1 Å². The van der Waals surface area contributed by atoms with Gasteiger partial charge in [0.15, 0.2) is 0 Å². The van der Waals surface area contributed by atoms with Gasteiger partial charge in [0.1, 0.15) is 11.3 Å². The van der Waals surface area contributed by atoms with Crippen LogP contribution in [0.5, 0.6) is 5.75 Å². The Bertz CT molecular complexity index is 1010. The van der Waals surface area contributed by atoms with E-state index in [1.54, 1.807) is 18.2 Å². The fourth-order valence-corrected chi connectivity index (χ4v) is 4.44. The van der Waals surface area contributed by atoms with Crippen molar-refractivity contribution in [3.05, 3.63) is 86.9 Å². The van der Waals surface area contributed by atoms with Crippen molar-refractivity contribution < 1.29 is 5.11 Å². The Hall–Kier alpha value is -2.88. The lowest BCUT2D eigenvalue weighted by Gasteiger charge is -2.45. The number of nitrogens with zero attached hydrogens (tertiary/aromatic N) is 1. The number of aliphatic imine (C=N–C) groups is 1. The van der Waals surface area contributed by atoms with E-state index in [1.807, 2.05) is 24.4 Å². The van der Waals surface area contributed by atoms with Gasteiger partial charge in [-0.25, -0.2) is 0 Å². The third-order valence-electron chi connectivity index (χ3n) is 5.38. The molecule has 26 heavy (non-hydrogen) atoms. The van der Waals surface area contributed by atoms with E-state index in [0.29, 0.717) is 0 Å².